The summed E-state index contributed by atoms with van der Waals surface area (Å²) in [5.41, 5.74) is 7.76. The van der Waals surface area contributed by atoms with Crippen molar-refractivity contribution in [1.29, 1.82) is 0 Å². The lowest BCUT2D eigenvalue weighted by Crippen LogP contribution is -2.00. The van der Waals surface area contributed by atoms with E-state index in [0.29, 0.717) is 17.9 Å². The van der Waals surface area contributed by atoms with E-state index in [9.17, 15) is 4.39 Å². The molecule has 0 saturated carbocycles. The largest absolute Gasteiger partial charge is 0.487 e. The van der Waals surface area contributed by atoms with Gasteiger partial charge in [-0.15, -0.1) is 0 Å². The van der Waals surface area contributed by atoms with Gasteiger partial charge in [-0.1, -0.05) is 36.1 Å². The zero-order valence-corrected chi connectivity index (χ0v) is 11.3. The van der Waals surface area contributed by atoms with Crippen molar-refractivity contribution in [3.63, 3.8) is 0 Å². The van der Waals surface area contributed by atoms with E-state index in [1.165, 1.54) is 6.07 Å². The van der Waals surface area contributed by atoms with E-state index in [1.807, 2.05) is 25.1 Å². The SMILES string of the molecule is Cc1ccc(OCc2ccccc2F)c(C#CCN)c1. The van der Waals surface area contributed by atoms with Crippen molar-refractivity contribution in [3.05, 3.63) is 65.0 Å². The number of halogens is 1. The van der Waals surface area contributed by atoms with Crippen LogP contribution in [0.5, 0.6) is 5.75 Å². The highest BCUT2D eigenvalue weighted by Crippen LogP contribution is 2.21. The summed E-state index contributed by atoms with van der Waals surface area (Å²) in [5, 5.41) is 0. The van der Waals surface area contributed by atoms with Gasteiger partial charge in [0.25, 0.3) is 0 Å². The highest BCUT2D eigenvalue weighted by atomic mass is 19.1. The molecule has 2 aromatic carbocycles. The van der Waals surface area contributed by atoms with Crippen LogP contribution in [-0.4, -0.2) is 6.54 Å². The van der Waals surface area contributed by atoms with Crippen LogP contribution in [0.25, 0.3) is 0 Å². The van der Waals surface area contributed by atoms with Gasteiger partial charge in [-0.2, -0.15) is 0 Å². The van der Waals surface area contributed by atoms with Crippen molar-refractivity contribution in [2.75, 3.05) is 6.54 Å². The molecule has 0 aliphatic carbocycles. The van der Waals surface area contributed by atoms with Crippen LogP contribution in [0.15, 0.2) is 42.5 Å². The molecule has 2 rings (SSSR count). The van der Waals surface area contributed by atoms with Gasteiger partial charge in [0.15, 0.2) is 0 Å². The summed E-state index contributed by atoms with van der Waals surface area (Å²) in [6.07, 6.45) is 0. The lowest BCUT2D eigenvalue weighted by Gasteiger charge is -2.09. The summed E-state index contributed by atoms with van der Waals surface area (Å²) < 4.78 is 19.2. The lowest BCUT2D eigenvalue weighted by atomic mass is 10.1. The second-order valence-corrected chi connectivity index (χ2v) is 4.39. The highest BCUT2D eigenvalue weighted by Gasteiger charge is 2.05. The topological polar surface area (TPSA) is 35.2 Å². The molecular weight excluding hydrogens is 253 g/mol. The van der Waals surface area contributed by atoms with Crippen LogP contribution in [0.1, 0.15) is 16.7 Å². The zero-order valence-electron chi connectivity index (χ0n) is 11.3. The van der Waals surface area contributed by atoms with Crippen LogP contribution in [0, 0.1) is 24.6 Å². The Morgan fingerprint density at radius 2 is 2.00 bits per heavy atom. The fourth-order valence-corrected chi connectivity index (χ4v) is 1.78. The average Bonchev–Trinajstić information content (AvgIpc) is 2.45. The van der Waals surface area contributed by atoms with E-state index >= 15 is 0 Å². The van der Waals surface area contributed by atoms with E-state index in [-0.39, 0.29) is 12.4 Å². The van der Waals surface area contributed by atoms with Crippen molar-refractivity contribution in [3.8, 4) is 17.6 Å². The first-order chi connectivity index (χ1) is 9.70. The molecule has 0 atom stereocenters. The highest BCUT2D eigenvalue weighted by molar-refractivity contribution is 5.48. The number of hydrogen-bond donors (Lipinski definition) is 1. The van der Waals surface area contributed by atoms with Gasteiger partial charge in [0.05, 0.1) is 12.1 Å². The minimum absolute atomic E-state index is 0.174. The number of nitrogens with two attached hydrogens (primary N) is 1. The molecule has 0 aliphatic rings. The fourth-order valence-electron chi connectivity index (χ4n) is 1.78. The van der Waals surface area contributed by atoms with Crippen molar-refractivity contribution in [2.24, 2.45) is 5.73 Å². The fraction of sp³-hybridized carbons (Fsp3) is 0.176. The summed E-state index contributed by atoms with van der Waals surface area (Å²) in [4.78, 5) is 0. The molecular formula is C17H16FNO. The van der Waals surface area contributed by atoms with Gasteiger partial charge < -0.3 is 10.5 Å². The standard InChI is InChI=1S/C17H16FNO/c1-13-8-9-17(14(11-13)6-4-10-19)20-12-15-5-2-3-7-16(15)18/h2-3,5,7-9,11H,10,12,19H2,1H3. The minimum Gasteiger partial charge on any atom is -0.487 e. The molecule has 20 heavy (non-hydrogen) atoms. The molecule has 0 fully saturated rings. The summed E-state index contributed by atoms with van der Waals surface area (Å²) in [6, 6.07) is 12.3. The Morgan fingerprint density at radius 3 is 2.75 bits per heavy atom. The van der Waals surface area contributed by atoms with Crippen LogP contribution >= 0.6 is 0 Å². The van der Waals surface area contributed by atoms with E-state index in [1.54, 1.807) is 18.2 Å². The second kappa shape index (κ2) is 6.74. The molecule has 3 heteroatoms. The zero-order chi connectivity index (χ0) is 14.4. The molecule has 0 spiro atoms. The summed E-state index contributed by atoms with van der Waals surface area (Å²) in [6.45, 7) is 2.45. The maximum absolute atomic E-state index is 13.5. The third-order valence-corrected chi connectivity index (χ3v) is 2.80. The monoisotopic (exact) mass is 269 g/mol. The number of hydrogen-bond acceptors (Lipinski definition) is 2. The Morgan fingerprint density at radius 1 is 1.20 bits per heavy atom. The van der Waals surface area contributed by atoms with Crippen molar-refractivity contribution in [2.45, 2.75) is 13.5 Å². The van der Waals surface area contributed by atoms with E-state index < -0.39 is 0 Å². The predicted molar refractivity (Wildman–Crippen MR) is 77.8 cm³/mol. The summed E-state index contributed by atoms with van der Waals surface area (Å²) in [5.74, 6) is 6.15. The van der Waals surface area contributed by atoms with Gasteiger partial charge in [-0.3, -0.25) is 0 Å². The minimum atomic E-state index is -0.269. The first-order valence-corrected chi connectivity index (χ1v) is 6.36. The molecule has 0 bridgehead atoms. The first-order valence-electron chi connectivity index (χ1n) is 6.36. The lowest BCUT2D eigenvalue weighted by molar-refractivity contribution is 0.299. The third kappa shape index (κ3) is 3.59. The second-order valence-electron chi connectivity index (χ2n) is 4.39. The molecule has 0 amide bonds. The molecule has 0 aliphatic heterocycles. The van der Waals surface area contributed by atoms with Gasteiger partial charge in [-0.05, 0) is 30.7 Å². The Labute approximate surface area is 118 Å². The number of aryl methyl sites for hydroxylation is 1. The maximum atomic E-state index is 13.5. The van der Waals surface area contributed by atoms with Gasteiger partial charge in [0, 0.05) is 5.56 Å². The van der Waals surface area contributed by atoms with Gasteiger partial charge in [0.1, 0.15) is 18.2 Å². The van der Waals surface area contributed by atoms with Gasteiger partial charge in [0.2, 0.25) is 0 Å². The number of benzene rings is 2. The van der Waals surface area contributed by atoms with Gasteiger partial charge in [-0.25, -0.2) is 4.39 Å². The average molecular weight is 269 g/mol. The molecule has 0 radical (unpaired) electrons. The van der Waals surface area contributed by atoms with Crippen molar-refractivity contribution < 1.29 is 9.13 Å². The smallest absolute Gasteiger partial charge is 0.135 e. The molecule has 2 aromatic rings. The maximum Gasteiger partial charge on any atom is 0.135 e. The molecule has 0 aromatic heterocycles. The Bertz CT molecular complexity index is 656. The molecule has 2 N–H and O–H groups in total. The molecule has 2 nitrogen and oxygen atoms in total. The van der Waals surface area contributed by atoms with E-state index in [0.717, 1.165) is 11.1 Å². The molecule has 0 heterocycles. The summed E-state index contributed by atoms with van der Waals surface area (Å²) in [7, 11) is 0. The first kappa shape index (κ1) is 14.1. The van der Waals surface area contributed by atoms with Crippen LogP contribution in [0.4, 0.5) is 4.39 Å². The Hall–Kier alpha value is -2.31. The van der Waals surface area contributed by atoms with Crippen molar-refractivity contribution >= 4 is 0 Å². The van der Waals surface area contributed by atoms with Crippen LogP contribution in [0.3, 0.4) is 0 Å². The van der Waals surface area contributed by atoms with Crippen LogP contribution in [-0.2, 0) is 6.61 Å². The quantitative estimate of drug-likeness (QED) is 0.869. The predicted octanol–water partition coefficient (Wildman–Crippen LogP) is 3.02. The van der Waals surface area contributed by atoms with E-state index in [2.05, 4.69) is 11.8 Å². The van der Waals surface area contributed by atoms with Gasteiger partial charge >= 0.3 is 0 Å². The normalized spacial score (nSPS) is 9.75. The summed E-state index contributed by atoms with van der Waals surface area (Å²) >= 11 is 0. The van der Waals surface area contributed by atoms with E-state index in [4.69, 9.17) is 10.5 Å². The van der Waals surface area contributed by atoms with Crippen molar-refractivity contribution in [1.82, 2.24) is 0 Å². The Balaban J connectivity index is 2.19. The van der Waals surface area contributed by atoms with Crippen LogP contribution < -0.4 is 10.5 Å². The molecule has 0 saturated heterocycles. The Kier molecular flexibility index (Phi) is 4.75. The third-order valence-electron chi connectivity index (χ3n) is 2.80. The molecule has 102 valence electrons. The van der Waals surface area contributed by atoms with Crippen LogP contribution in [0.2, 0.25) is 0 Å². The number of ether oxygens (including phenoxy) is 1. The number of rotatable bonds is 3. The molecule has 0 unspecified atom stereocenters.